The summed E-state index contributed by atoms with van der Waals surface area (Å²) in [5.41, 5.74) is 2.19. The molecule has 0 aliphatic carbocycles. The Kier molecular flexibility index (Phi) is 7.69. The first kappa shape index (κ1) is 25.3. The van der Waals surface area contributed by atoms with Crippen LogP contribution < -0.4 is 10.6 Å². The molecule has 1 heterocycles. The number of esters is 1. The maximum Gasteiger partial charge on any atom is 0.331 e. The van der Waals surface area contributed by atoms with Gasteiger partial charge in [-0.25, -0.2) is 9.59 Å². The zero-order valence-electron chi connectivity index (χ0n) is 18.8. The summed E-state index contributed by atoms with van der Waals surface area (Å²) in [5.74, 6) is -1.93. The van der Waals surface area contributed by atoms with Crippen LogP contribution in [0.5, 0.6) is 0 Å². The zero-order valence-corrected chi connectivity index (χ0v) is 20.3. The van der Waals surface area contributed by atoms with E-state index in [1.807, 2.05) is 0 Å². The summed E-state index contributed by atoms with van der Waals surface area (Å²) in [6.07, 6.45) is 4.37. The van der Waals surface area contributed by atoms with Gasteiger partial charge in [0.2, 0.25) is 5.91 Å². The molecule has 1 atom stereocenters. The average Bonchev–Trinajstić information content (AvgIpc) is 2.71. The highest BCUT2D eigenvalue weighted by Gasteiger charge is 2.29. The molecule has 3 N–H and O–H groups in total. The molecule has 2 aromatic rings. The van der Waals surface area contributed by atoms with Crippen molar-refractivity contribution in [2.75, 3.05) is 10.6 Å². The Morgan fingerprint density at radius 2 is 1.82 bits per heavy atom. The number of benzene rings is 2. The number of carbonyl (C=O) groups is 3. The summed E-state index contributed by atoms with van der Waals surface area (Å²) in [4.78, 5) is 36.0. The number of ether oxygens (including phenoxy) is 1. The second-order valence-electron chi connectivity index (χ2n) is 8.70. The highest BCUT2D eigenvalue weighted by molar-refractivity contribution is 6.36. The molecule has 2 aromatic carbocycles. The molecule has 7 nitrogen and oxygen atoms in total. The molecule has 1 aliphatic rings. The van der Waals surface area contributed by atoms with Gasteiger partial charge in [-0.15, -0.1) is 0 Å². The molecular weight excluding hydrogens is 479 g/mol. The van der Waals surface area contributed by atoms with Gasteiger partial charge < -0.3 is 20.5 Å². The fourth-order valence-corrected chi connectivity index (χ4v) is 3.98. The highest BCUT2D eigenvalue weighted by atomic mass is 35.5. The minimum Gasteiger partial charge on any atom is -0.480 e. The van der Waals surface area contributed by atoms with E-state index in [1.165, 1.54) is 12.2 Å². The third-order valence-corrected chi connectivity index (χ3v) is 5.25. The van der Waals surface area contributed by atoms with Crippen LogP contribution in [0.2, 0.25) is 10.0 Å². The zero-order chi connectivity index (χ0) is 25.0. The molecule has 0 bridgehead atoms. The van der Waals surface area contributed by atoms with E-state index in [0.717, 1.165) is 5.56 Å². The summed E-state index contributed by atoms with van der Waals surface area (Å²) in [7, 11) is 0. The predicted octanol–water partition coefficient (Wildman–Crippen LogP) is 5.64. The molecule has 1 aliphatic heterocycles. The Hall–Kier alpha value is -3.29. The number of carboxylic acids is 1. The number of hydrogen-bond donors (Lipinski definition) is 3. The Bertz CT molecular complexity index is 1180. The second kappa shape index (κ2) is 10.3. The van der Waals surface area contributed by atoms with Crippen LogP contribution >= 0.6 is 23.2 Å². The molecule has 1 unspecified atom stereocenters. The van der Waals surface area contributed by atoms with Gasteiger partial charge in [-0.1, -0.05) is 35.3 Å². The lowest BCUT2D eigenvalue weighted by Gasteiger charge is -2.27. The monoisotopic (exact) mass is 502 g/mol. The number of aliphatic carboxylic acids is 1. The standard InChI is InChI=1S/C25H24Cl2N2O5/c1-25(2,3)34-22(31)9-6-14-4-7-17(8-5-14)28-21(30)11-15-10-20(24(32)33)29-19-13-16(26)12-18(27)23(15)19/h4-9,11-13,20,29H,10H2,1-3H3,(H,28,30)(H,32,33)/b9-6+,15-11+. The minimum absolute atomic E-state index is 0.0749. The number of nitrogens with one attached hydrogen (secondary N) is 2. The highest BCUT2D eigenvalue weighted by Crippen LogP contribution is 2.40. The molecule has 0 aromatic heterocycles. The third kappa shape index (κ3) is 6.85. The Labute approximate surface area is 207 Å². The van der Waals surface area contributed by atoms with E-state index < -0.39 is 29.5 Å². The number of anilines is 2. The lowest BCUT2D eigenvalue weighted by atomic mass is 9.92. The fourth-order valence-electron chi connectivity index (χ4n) is 3.37. The van der Waals surface area contributed by atoms with Crippen molar-refractivity contribution in [3.63, 3.8) is 0 Å². The number of hydrogen-bond acceptors (Lipinski definition) is 5. The van der Waals surface area contributed by atoms with Gasteiger partial charge in [-0.3, -0.25) is 4.79 Å². The lowest BCUT2D eigenvalue weighted by Crippen LogP contribution is -2.33. The van der Waals surface area contributed by atoms with Gasteiger partial charge in [0, 0.05) is 40.5 Å². The summed E-state index contributed by atoms with van der Waals surface area (Å²) >= 11 is 12.4. The Morgan fingerprint density at radius 1 is 1.15 bits per heavy atom. The van der Waals surface area contributed by atoms with Gasteiger partial charge >= 0.3 is 11.9 Å². The van der Waals surface area contributed by atoms with E-state index in [-0.39, 0.29) is 6.42 Å². The van der Waals surface area contributed by atoms with Gasteiger partial charge in [0.25, 0.3) is 0 Å². The maximum atomic E-state index is 12.7. The average molecular weight is 503 g/mol. The van der Waals surface area contributed by atoms with Gasteiger partial charge in [-0.05, 0) is 62.2 Å². The van der Waals surface area contributed by atoms with Crippen molar-refractivity contribution in [2.24, 2.45) is 0 Å². The van der Waals surface area contributed by atoms with Gasteiger partial charge in [0.15, 0.2) is 0 Å². The molecule has 1 amide bonds. The molecule has 0 fully saturated rings. The first-order valence-corrected chi connectivity index (χ1v) is 11.2. The number of fused-ring (bicyclic) bond motifs is 1. The van der Waals surface area contributed by atoms with Crippen molar-refractivity contribution in [1.82, 2.24) is 0 Å². The first-order valence-electron chi connectivity index (χ1n) is 10.4. The molecule has 0 saturated heterocycles. The molecule has 3 rings (SSSR count). The first-order chi connectivity index (χ1) is 15.9. The summed E-state index contributed by atoms with van der Waals surface area (Å²) in [6, 6.07) is 9.05. The van der Waals surface area contributed by atoms with Crippen LogP contribution in [0.4, 0.5) is 11.4 Å². The number of carboxylic acid groups (broad SMARTS) is 1. The van der Waals surface area contributed by atoms with E-state index in [1.54, 1.807) is 63.2 Å². The molecule has 0 radical (unpaired) electrons. The number of amides is 1. The van der Waals surface area contributed by atoms with Crippen molar-refractivity contribution in [3.8, 4) is 0 Å². The summed E-state index contributed by atoms with van der Waals surface area (Å²) < 4.78 is 5.22. The quantitative estimate of drug-likeness (QED) is 0.361. The van der Waals surface area contributed by atoms with Crippen molar-refractivity contribution in [3.05, 3.63) is 69.7 Å². The van der Waals surface area contributed by atoms with E-state index in [9.17, 15) is 19.5 Å². The molecule has 0 spiro atoms. The van der Waals surface area contributed by atoms with Gasteiger partial charge in [-0.2, -0.15) is 0 Å². The van der Waals surface area contributed by atoms with E-state index in [4.69, 9.17) is 27.9 Å². The topological polar surface area (TPSA) is 105 Å². The minimum atomic E-state index is -1.05. The largest absolute Gasteiger partial charge is 0.480 e. The van der Waals surface area contributed by atoms with Gasteiger partial charge in [0.1, 0.15) is 11.6 Å². The third-order valence-electron chi connectivity index (χ3n) is 4.73. The maximum absolute atomic E-state index is 12.7. The number of rotatable bonds is 5. The number of halogens is 2. The van der Waals surface area contributed by atoms with Crippen molar-refractivity contribution in [1.29, 1.82) is 0 Å². The van der Waals surface area contributed by atoms with Crippen LogP contribution in [0.15, 0.2) is 48.6 Å². The van der Waals surface area contributed by atoms with E-state index in [2.05, 4.69) is 10.6 Å². The van der Waals surface area contributed by atoms with Crippen molar-refractivity contribution < 1.29 is 24.2 Å². The summed E-state index contributed by atoms with van der Waals surface area (Å²) in [6.45, 7) is 5.37. The van der Waals surface area contributed by atoms with Gasteiger partial charge in [0.05, 0.1) is 5.02 Å². The second-order valence-corrected chi connectivity index (χ2v) is 9.54. The molecular formula is C25H24Cl2N2O5. The Morgan fingerprint density at radius 3 is 2.44 bits per heavy atom. The van der Waals surface area contributed by atoms with Crippen LogP contribution in [0, 0.1) is 0 Å². The van der Waals surface area contributed by atoms with Crippen molar-refractivity contribution >= 4 is 64.1 Å². The smallest absolute Gasteiger partial charge is 0.331 e. The predicted molar refractivity (Wildman–Crippen MR) is 134 cm³/mol. The fraction of sp³-hybridized carbons (Fsp3) is 0.240. The van der Waals surface area contributed by atoms with Crippen LogP contribution in [-0.2, 0) is 19.1 Å². The summed E-state index contributed by atoms with van der Waals surface area (Å²) in [5, 5.41) is 15.8. The van der Waals surface area contributed by atoms with E-state index >= 15 is 0 Å². The normalized spacial score (nSPS) is 16.6. The molecule has 34 heavy (non-hydrogen) atoms. The van der Waals surface area contributed by atoms with Crippen molar-refractivity contribution in [2.45, 2.75) is 38.8 Å². The van der Waals surface area contributed by atoms with Crippen LogP contribution in [-0.4, -0.2) is 34.6 Å². The molecule has 178 valence electrons. The van der Waals surface area contributed by atoms with Crippen LogP contribution in [0.3, 0.4) is 0 Å². The Balaban J connectivity index is 1.74. The molecule has 9 heteroatoms. The van der Waals surface area contributed by atoms with E-state index in [0.29, 0.717) is 32.6 Å². The van der Waals surface area contributed by atoms with Crippen LogP contribution in [0.1, 0.15) is 38.3 Å². The number of carbonyl (C=O) groups excluding carboxylic acids is 2. The van der Waals surface area contributed by atoms with Crippen LogP contribution in [0.25, 0.3) is 11.6 Å². The lowest BCUT2D eigenvalue weighted by molar-refractivity contribution is -0.148. The SMILES string of the molecule is CC(C)(C)OC(=O)/C=C/c1ccc(NC(=O)/C=C2\CC(C(=O)O)Nc3cc(Cl)cc(Cl)c32)cc1. The molecule has 0 saturated carbocycles.